The van der Waals surface area contributed by atoms with Gasteiger partial charge in [-0.3, -0.25) is 0 Å². The average Bonchev–Trinajstić information content (AvgIpc) is 2.95. The van der Waals surface area contributed by atoms with E-state index in [-0.39, 0.29) is 0 Å². The monoisotopic (exact) mass is 281 g/mol. The zero-order valence-corrected chi connectivity index (χ0v) is 11.7. The molecule has 3 heterocycles. The second kappa shape index (κ2) is 4.41. The van der Waals surface area contributed by atoms with Crippen LogP contribution in [-0.4, -0.2) is 22.6 Å². The van der Waals surface area contributed by atoms with Gasteiger partial charge in [0.05, 0.1) is 11.4 Å². The summed E-state index contributed by atoms with van der Waals surface area (Å²) in [5.74, 6) is 1.56. The standard InChI is InChI=1S/C16H15N3O2/c1-10-12(17)3-5-16-18-13(9-19(10)16)11-2-4-14-15(8-11)21-7-6-20-14/h2-5,8-9H,6-7,17H2,1H3. The number of aryl methyl sites for hydroxylation is 1. The number of nitrogen functional groups attached to an aromatic ring is 1. The van der Waals surface area contributed by atoms with E-state index in [9.17, 15) is 0 Å². The van der Waals surface area contributed by atoms with Crippen molar-refractivity contribution in [3.05, 3.63) is 42.2 Å². The molecule has 2 N–H and O–H groups in total. The Kier molecular flexibility index (Phi) is 2.54. The zero-order valence-electron chi connectivity index (χ0n) is 11.7. The number of rotatable bonds is 1. The third-order valence-corrected chi connectivity index (χ3v) is 3.76. The highest BCUT2D eigenvalue weighted by Crippen LogP contribution is 2.34. The molecule has 5 nitrogen and oxygen atoms in total. The molecule has 21 heavy (non-hydrogen) atoms. The second-order valence-electron chi connectivity index (χ2n) is 5.09. The van der Waals surface area contributed by atoms with Gasteiger partial charge in [-0.1, -0.05) is 0 Å². The number of anilines is 1. The number of hydrogen-bond acceptors (Lipinski definition) is 4. The van der Waals surface area contributed by atoms with Crippen LogP contribution in [0.3, 0.4) is 0 Å². The van der Waals surface area contributed by atoms with Crippen LogP contribution in [0.4, 0.5) is 5.69 Å². The Labute approximate surface area is 121 Å². The SMILES string of the molecule is Cc1c(N)ccc2nc(-c3ccc4c(c3)OCCO4)cn12. The first-order valence-electron chi connectivity index (χ1n) is 6.86. The van der Waals surface area contributed by atoms with Crippen molar-refractivity contribution < 1.29 is 9.47 Å². The van der Waals surface area contributed by atoms with Gasteiger partial charge in [-0.2, -0.15) is 0 Å². The molecule has 1 aliphatic rings. The van der Waals surface area contributed by atoms with Crippen LogP contribution >= 0.6 is 0 Å². The summed E-state index contributed by atoms with van der Waals surface area (Å²) in [6.07, 6.45) is 1.99. The predicted octanol–water partition coefficient (Wildman–Crippen LogP) is 2.66. The van der Waals surface area contributed by atoms with Crippen molar-refractivity contribution in [2.24, 2.45) is 0 Å². The summed E-state index contributed by atoms with van der Waals surface area (Å²) in [5.41, 5.74) is 10.5. The fourth-order valence-electron chi connectivity index (χ4n) is 2.55. The van der Waals surface area contributed by atoms with Crippen LogP contribution in [0.15, 0.2) is 36.5 Å². The molecular weight excluding hydrogens is 266 g/mol. The minimum Gasteiger partial charge on any atom is -0.486 e. The van der Waals surface area contributed by atoms with Crippen LogP contribution in [0.1, 0.15) is 5.69 Å². The number of nitrogens with two attached hydrogens (primary N) is 1. The van der Waals surface area contributed by atoms with Gasteiger partial charge in [0, 0.05) is 17.5 Å². The quantitative estimate of drug-likeness (QED) is 0.745. The van der Waals surface area contributed by atoms with Crippen LogP contribution < -0.4 is 15.2 Å². The molecule has 1 aromatic carbocycles. The molecular formula is C16H15N3O2. The molecule has 0 spiro atoms. The number of fused-ring (bicyclic) bond motifs is 2. The molecule has 5 heteroatoms. The van der Waals surface area contributed by atoms with Crippen molar-refractivity contribution in [2.75, 3.05) is 18.9 Å². The summed E-state index contributed by atoms with van der Waals surface area (Å²) in [7, 11) is 0. The van der Waals surface area contributed by atoms with Gasteiger partial charge in [-0.05, 0) is 37.3 Å². The maximum Gasteiger partial charge on any atom is 0.162 e. The topological polar surface area (TPSA) is 61.8 Å². The summed E-state index contributed by atoms with van der Waals surface area (Å²) < 4.78 is 13.2. The van der Waals surface area contributed by atoms with Crippen molar-refractivity contribution in [3.8, 4) is 22.8 Å². The minimum absolute atomic E-state index is 0.581. The molecule has 106 valence electrons. The molecule has 3 aromatic rings. The Balaban J connectivity index is 1.84. The lowest BCUT2D eigenvalue weighted by molar-refractivity contribution is 0.171. The van der Waals surface area contributed by atoms with E-state index < -0.39 is 0 Å². The number of ether oxygens (including phenoxy) is 2. The van der Waals surface area contributed by atoms with E-state index in [0.29, 0.717) is 13.2 Å². The molecule has 0 aliphatic carbocycles. The van der Waals surface area contributed by atoms with Gasteiger partial charge in [0.25, 0.3) is 0 Å². The molecule has 0 saturated heterocycles. The number of nitrogens with zero attached hydrogens (tertiary/aromatic N) is 2. The third kappa shape index (κ3) is 1.89. The highest BCUT2D eigenvalue weighted by Gasteiger charge is 2.14. The molecule has 0 radical (unpaired) electrons. The first-order valence-corrected chi connectivity index (χ1v) is 6.86. The summed E-state index contributed by atoms with van der Waals surface area (Å²) in [5, 5.41) is 0. The van der Waals surface area contributed by atoms with Crippen molar-refractivity contribution in [1.29, 1.82) is 0 Å². The molecule has 4 rings (SSSR count). The molecule has 2 aromatic heterocycles. The van der Waals surface area contributed by atoms with E-state index in [1.165, 1.54) is 0 Å². The molecule has 0 fully saturated rings. The first-order chi connectivity index (χ1) is 10.2. The zero-order chi connectivity index (χ0) is 14.4. The van der Waals surface area contributed by atoms with Crippen LogP contribution in [-0.2, 0) is 0 Å². The van der Waals surface area contributed by atoms with Crippen molar-refractivity contribution in [3.63, 3.8) is 0 Å². The maximum absolute atomic E-state index is 5.94. The van der Waals surface area contributed by atoms with Crippen LogP contribution in [0.2, 0.25) is 0 Å². The fourth-order valence-corrected chi connectivity index (χ4v) is 2.55. The average molecular weight is 281 g/mol. The lowest BCUT2D eigenvalue weighted by Gasteiger charge is -2.18. The van der Waals surface area contributed by atoms with Crippen molar-refractivity contribution in [1.82, 2.24) is 9.38 Å². The number of benzene rings is 1. The predicted molar refractivity (Wildman–Crippen MR) is 80.8 cm³/mol. The summed E-state index contributed by atoms with van der Waals surface area (Å²) in [4.78, 5) is 4.64. The Hall–Kier alpha value is -2.69. The molecule has 0 atom stereocenters. The molecule has 0 unspecified atom stereocenters. The highest BCUT2D eigenvalue weighted by molar-refractivity contribution is 5.67. The van der Waals surface area contributed by atoms with E-state index in [2.05, 4.69) is 4.98 Å². The van der Waals surface area contributed by atoms with Gasteiger partial charge >= 0.3 is 0 Å². The largest absolute Gasteiger partial charge is 0.486 e. The number of imidazole rings is 1. The van der Waals surface area contributed by atoms with E-state index >= 15 is 0 Å². The molecule has 0 saturated carbocycles. The van der Waals surface area contributed by atoms with Gasteiger partial charge in [0.2, 0.25) is 0 Å². The first kappa shape index (κ1) is 12.1. The lowest BCUT2D eigenvalue weighted by atomic mass is 10.1. The van der Waals surface area contributed by atoms with Gasteiger partial charge in [-0.15, -0.1) is 0 Å². The van der Waals surface area contributed by atoms with E-state index in [4.69, 9.17) is 15.2 Å². The molecule has 1 aliphatic heterocycles. The van der Waals surface area contributed by atoms with Gasteiger partial charge < -0.3 is 19.6 Å². The van der Waals surface area contributed by atoms with Crippen molar-refractivity contribution in [2.45, 2.75) is 6.92 Å². The van der Waals surface area contributed by atoms with E-state index in [1.807, 2.05) is 47.9 Å². The van der Waals surface area contributed by atoms with Crippen LogP contribution in [0.5, 0.6) is 11.5 Å². The van der Waals surface area contributed by atoms with Crippen LogP contribution in [0.25, 0.3) is 16.9 Å². The Morgan fingerprint density at radius 2 is 1.90 bits per heavy atom. The summed E-state index contributed by atoms with van der Waals surface area (Å²) >= 11 is 0. The van der Waals surface area contributed by atoms with Gasteiger partial charge in [0.15, 0.2) is 11.5 Å². The smallest absolute Gasteiger partial charge is 0.162 e. The number of hydrogen-bond donors (Lipinski definition) is 1. The summed E-state index contributed by atoms with van der Waals surface area (Å²) in [6, 6.07) is 9.69. The number of aromatic nitrogens is 2. The Bertz CT molecular complexity index is 839. The Morgan fingerprint density at radius 3 is 2.76 bits per heavy atom. The third-order valence-electron chi connectivity index (χ3n) is 3.76. The number of pyridine rings is 1. The summed E-state index contributed by atoms with van der Waals surface area (Å²) in [6.45, 7) is 3.16. The van der Waals surface area contributed by atoms with E-state index in [1.54, 1.807) is 0 Å². The maximum atomic E-state index is 5.94. The Morgan fingerprint density at radius 1 is 1.10 bits per heavy atom. The van der Waals surface area contributed by atoms with Gasteiger partial charge in [-0.25, -0.2) is 4.98 Å². The normalized spacial score (nSPS) is 13.6. The minimum atomic E-state index is 0.581. The van der Waals surface area contributed by atoms with Gasteiger partial charge in [0.1, 0.15) is 18.9 Å². The van der Waals surface area contributed by atoms with E-state index in [0.717, 1.165) is 39.8 Å². The highest BCUT2D eigenvalue weighted by atomic mass is 16.6. The van der Waals surface area contributed by atoms with Crippen LogP contribution in [0, 0.1) is 6.92 Å². The molecule has 0 amide bonds. The fraction of sp³-hybridized carbons (Fsp3) is 0.188. The molecule has 0 bridgehead atoms. The van der Waals surface area contributed by atoms with Crippen molar-refractivity contribution >= 4 is 11.3 Å². The second-order valence-corrected chi connectivity index (χ2v) is 5.09. The lowest BCUT2D eigenvalue weighted by Crippen LogP contribution is -2.15.